The van der Waals surface area contributed by atoms with Crippen LogP contribution in [0.3, 0.4) is 0 Å². The van der Waals surface area contributed by atoms with Crippen LogP contribution in [0.15, 0.2) is 58.5 Å². The Balaban J connectivity index is 2.05. The van der Waals surface area contributed by atoms with E-state index in [2.05, 4.69) is 10.2 Å². The minimum Gasteiger partial charge on any atom is -0.466 e. The summed E-state index contributed by atoms with van der Waals surface area (Å²) in [5.41, 5.74) is -0.716. The fraction of sp³-hybridized carbons (Fsp3) is 0.250. The molecule has 9 nitrogen and oxygen atoms in total. The van der Waals surface area contributed by atoms with E-state index in [4.69, 9.17) is 4.74 Å². The summed E-state index contributed by atoms with van der Waals surface area (Å²) in [7, 11) is 1.14. The molecule has 2 heterocycles. The second-order valence-electron chi connectivity index (χ2n) is 8.11. The lowest BCUT2D eigenvalue weighted by atomic mass is 9.88. The number of esters is 1. The van der Waals surface area contributed by atoms with E-state index < -0.39 is 35.5 Å². The maximum absolute atomic E-state index is 13.4. The van der Waals surface area contributed by atoms with Crippen LogP contribution in [0.5, 0.6) is 0 Å². The van der Waals surface area contributed by atoms with Gasteiger partial charge in [0.2, 0.25) is 5.95 Å². The Morgan fingerprint density at radius 1 is 1.28 bits per heavy atom. The Kier molecular flexibility index (Phi) is 6.19. The SMILES string of the molecule is COC(=O)C1=C(C)N(c2cccc(C(F)(F)F)c2)c2n[nH]c(=O)n2C1c1ccc(C#N)cc1[C@H](C)O. The number of nitriles is 1. The van der Waals surface area contributed by atoms with Gasteiger partial charge in [0.25, 0.3) is 0 Å². The van der Waals surface area contributed by atoms with Gasteiger partial charge in [-0.3, -0.25) is 4.90 Å². The summed E-state index contributed by atoms with van der Waals surface area (Å²) in [5.74, 6) is -0.912. The number of rotatable bonds is 4. The third-order valence-electron chi connectivity index (χ3n) is 5.94. The van der Waals surface area contributed by atoms with Gasteiger partial charge >= 0.3 is 17.8 Å². The number of allylic oxidation sites excluding steroid dienone is 1. The van der Waals surface area contributed by atoms with Gasteiger partial charge in [0, 0.05) is 11.4 Å². The topological polar surface area (TPSA) is 124 Å². The number of benzene rings is 2. The number of aliphatic hydroxyl groups is 1. The molecular weight excluding hydrogens is 479 g/mol. The number of methoxy groups -OCH3 is 1. The molecule has 0 spiro atoms. The summed E-state index contributed by atoms with van der Waals surface area (Å²) in [5, 5.41) is 26.1. The van der Waals surface area contributed by atoms with E-state index in [0.29, 0.717) is 5.56 Å². The number of hydrogen-bond acceptors (Lipinski definition) is 7. The predicted molar refractivity (Wildman–Crippen MR) is 121 cm³/mol. The number of nitrogens with one attached hydrogen (secondary N) is 1. The molecule has 3 aromatic rings. The molecule has 0 aliphatic carbocycles. The Bertz CT molecular complexity index is 1480. The van der Waals surface area contributed by atoms with Gasteiger partial charge in [-0.2, -0.15) is 18.4 Å². The van der Waals surface area contributed by atoms with Gasteiger partial charge in [0.1, 0.15) is 6.04 Å². The van der Waals surface area contributed by atoms with Crippen LogP contribution in [0, 0.1) is 11.3 Å². The van der Waals surface area contributed by atoms with E-state index in [-0.39, 0.29) is 34.0 Å². The molecule has 0 amide bonds. The lowest BCUT2D eigenvalue weighted by Gasteiger charge is -2.36. The zero-order valence-corrected chi connectivity index (χ0v) is 19.3. The predicted octanol–water partition coefficient (Wildman–Crippen LogP) is 3.70. The van der Waals surface area contributed by atoms with Gasteiger partial charge in [-0.25, -0.2) is 19.3 Å². The highest BCUT2D eigenvalue weighted by Gasteiger charge is 2.41. The second kappa shape index (κ2) is 9.01. The minimum atomic E-state index is -4.63. The highest BCUT2D eigenvalue weighted by Crippen LogP contribution is 2.44. The van der Waals surface area contributed by atoms with Gasteiger partial charge < -0.3 is 9.84 Å². The van der Waals surface area contributed by atoms with E-state index in [9.17, 15) is 33.1 Å². The van der Waals surface area contributed by atoms with E-state index in [0.717, 1.165) is 23.8 Å². The molecule has 2 N–H and O–H groups in total. The third-order valence-corrected chi connectivity index (χ3v) is 5.94. The summed E-state index contributed by atoms with van der Waals surface area (Å²) < 4.78 is 46.4. The van der Waals surface area contributed by atoms with Crippen molar-refractivity contribution in [3.63, 3.8) is 0 Å². The Hall–Kier alpha value is -4.37. The van der Waals surface area contributed by atoms with Crippen LogP contribution in [0.4, 0.5) is 24.8 Å². The molecule has 0 bridgehead atoms. The van der Waals surface area contributed by atoms with Crippen LogP contribution < -0.4 is 10.6 Å². The van der Waals surface area contributed by atoms with Crippen molar-refractivity contribution < 1.29 is 27.8 Å². The molecular formula is C24H20F3N5O4. The summed E-state index contributed by atoms with van der Waals surface area (Å²) in [4.78, 5) is 27.3. The first-order valence-electron chi connectivity index (χ1n) is 10.6. The maximum Gasteiger partial charge on any atom is 0.416 e. The molecule has 186 valence electrons. The van der Waals surface area contributed by atoms with E-state index >= 15 is 0 Å². The molecule has 0 saturated heterocycles. The second-order valence-corrected chi connectivity index (χ2v) is 8.11. The number of nitrogens with zero attached hydrogens (tertiary/aromatic N) is 4. The van der Waals surface area contributed by atoms with Crippen molar-refractivity contribution in [3.8, 4) is 6.07 Å². The number of anilines is 2. The fourth-order valence-electron chi connectivity index (χ4n) is 4.33. The molecule has 2 atom stereocenters. The maximum atomic E-state index is 13.4. The minimum absolute atomic E-state index is 0.0120. The highest BCUT2D eigenvalue weighted by atomic mass is 19.4. The van der Waals surface area contributed by atoms with Crippen molar-refractivity contribution in [1.82, 2.24) is 14.8 Å². The molecule has 0 fully saturated rings. The number of fused-ring (bicyclic) bond motifs is 1. The van der Waals surface area contributed by atoms with Crippen molar-refractivity contribution in [2.45, 2.75) is 32.2 Å². The first-order valence-corrected chi connectivity index (χ1v) is 10.6. The average molecular weight is 499 g/mol. The van der Waals surface area contributed by atoms with Crippen LogP contribution in [-0.2, 0) is 15.7 Å². The van der Waals surface area contributed by atoms with Crippen molar-refractivity contribution >= 4 is 17.6 Å². The standard InChI is InChI=1S/C24H20F3N5O4/c1-12-19(21(34)36-3)20(17-8-7-14(11-28)9-18(17)13(2)33)32-22(29-30-23(32)35)31(12)16-6-4-5-15(10-16)24(25,26)27/h4-10,13,20,33H,1-3H3,(H,30,35)/t13-,20?/m0/s1. The average Bonchev–Trinajstić information content (AvgIpc) is 3.22. The Morgan fingerprint density at radius 3 is 2.61 bits per heavy atom. The van der Waals surface area contributed by atoms with Crippen LogP contribution in [0.1, 0.15) is 48.2 Å². The van der Waals surface area contributed by atoms with Gasteiger partial charge in [-0.15, -0.1) is 5.10 Å². The van der Waals surface area contributed by atoms with Crippen molar-refractivity contribution in [2.75, 3.05) is 12.0 Å². The number of aromatic nitrogens is 3. The summed E-state index contributed by atoms with van der Waals surface area (Å²) in [6.45, 7) is 2.96. The molecule has 1 aromatic heterocycles. The lowest BCUT2D eigenvalue weighted by Crippen LogP contribution is -2.38. The smallest absolute Gasteiger partial charge is 0.416 e. The number of carbonyl (C=O) groups excluding carboxylic acids is 1. The van der Waals surface area contributed by atoms with Gasteiger partial charge in [0.15, 0.2) is 0 Å². The summed E-state index contributed by atoms with van der Waals surface area (Å²) in [6.07, 6.45) is -5.71. The molecule has 4 rings (SSSR count). The summed E-state index contributed by atoms with van der Waals surface area (Å²) >= 11 is 0. The van der Waals surface area contributed by atoms with E-state index in [1.807, 2.05) is 6.07 Å². The zero-order chi connectivity index (χ0) is 26.4. The first-order chi connectivity index (χ1) is 17.0. The molecule has 1 unspecified atom stereocenters. The van der Waals surface area contributed by atoms with Crippen molar-refractivity contribution in [1.29, 1.82) is 5.26 Å². The van der Waals surface area contributed by atoms with Crippen LogP contribution in [-0.4, -0.2) is 33.0 Å². The van der Waals surface area contributed by atoms with Gasteiger partial charge in [-0.1, -0.05) is 12.1 Å². The molecule has 2 aromatic carbocycles. The molecule has 1 aliphatic rings. The third kappa shape index (κ3) is 4.03. The normalized spacial score (nSPS) is 16.4. The number of H-pyrrole nitrogens is 1. The number of aliphatic hydroxyl groups excluding tert-OH is 1. The van der Waals surface area contributed by atoms with E-state index in [1.165, 1.54) is 49.1 Å². The quantitative estimate of drug-likeness (QED) is 0.525. The number of alkyl halides is 3. The van der Waals surface area contributed by atoms with Gasteiger partial charge in [0.05, 0.1) is 36.0 Å². The number of ether oxygens (including phenoxy) is 1. The number of carbonyl (C=O) groups is 1. The van der Waals surface area contributed by atoms with Crippen molar-refractivity contribution in [2.24, 2.45) is 0 Å². The number of halogens is 3. The first kappa shape index (κ1) is 24.7. The largest absolute Gasteiger partial charge is 0.466 e. The van der Waals surface area contributed by atoms with Crippen LogP contribution in [0.2, 0.25) is 0 Å². The summed E-state index contributed by atoms with van der Waals surface area (Å²) in [6, 6.07) is 9.61. The van der Waals surface area contributed by atoms with Crippen LogP contribution in [0.25, 0.3) is 0 Å². The number of hydrogen-bond donors (Lipinski definition) is 2. The Labute approximate surface area is 202 Å². The number of aromatic amines is 1. The monoisotopic (exact) mass is 499 g/mol. The highest BCUT2D eigenvalue weighted by molar-refractivity contribution is 5.93. The molecule has 1 aliphatic heterocycles. The Morgan fingerprint density at radius 2 is 2.00 bits per heavy atom. The fourth-order valence-corrected chi connectivity index (χ4v) is 4.33. The van der Waals surface area contributed by atoms with Crippen LogP contribution >= 0.6 is 0 Å². The molecule has 36 heavy (non-hydrogen) atoms. The lowest BCUT2D eigenvalue weighted by molar-refractivity contribution is -0.138. The molecule has 0 saturated carbocycles. The van der Waals surface area contributed by atoms with Crippen molar-refractivity contribution in [3.05, 3.63) is 86.5 Å². The zero-order valence-electron chi connectivity index (χ0n) is 19.3. The van der Waals surface area contributed by atoms with E-state index in [1.54, 1.807) is 0 Å². The molecule has 12 heteroatoms. The molecule has 0 radical (unpaired) electrons. The van der Waals surface area contributed by atoms with Gasteiger partial charge in [-0.05, 0) is 55.3 Å².